The predicted molar refractivity (Wildman–Crippen MR) is 68.9 cm³/mol. The third-order valence-electron chi connectivity index (χ3n) is 2.66. The zero-order valence-electron chi connectivity index (χ0n) is 11.8. The molecule has 1 atom stereocenters. The van der Waals surface area contributed by atoms with Crippen molar-refractivity contribution in [1.82, 2.24) is 0 Å². The number of carbonyl (C=O) groups is 2. The van der Waals surface area contributed by atoms with E-state index in [1.165, 1.54) is 6.92 Å². The second-order valence-corrected chi connectivity index (χ2v) is 7.14. The van der Waals surface area contributed by atoms with Crippen molar-refractivity contribution in [1.29, 1.82) is 0 Å². The Balaban J connectivity index is 5.68. The third kappa shape index (κ3) is 4.00. The average Bonchev–Trinajstić information content (AvgIpc) is 2.28. The summed E-state index contributed by atoms with van der Waals surface area (Å²) in [6.07, 6.45) is -0.617. The first-order chi connectivity index (χ1) is 8.79. The molecule has 0 radical (unpaired) electrons. The second kappa shape index (κ2) is 7.58. The normalized spacial score (nSPS) is 14.9. The minimum Gasteiger partial charge on any atom is -0.481 e. The molecular weight excluding hydrogens is 272 g/mol. The summed E-state index contributed by atoms with van der Waals surface area (Å²) in [5, 5.41) is 16.7. The minimum atomic E-state index is -3.66. The van der Waals surface area contributed by atoms with E-state index in [0.717, 1.165) is 0 Å². The summed E-state index contributed by atoms with van der Waals surface area (Å²) in [5.41, 5.74) is 0. The van der Waals surface area contributed by atoms with E-state index in [4.69, 9.17) is 18.4 Å². The highest BCUT2D eigenvalue weighted by Gasteiger charge is 2.64. The number of aliphatic carboxylic acids is 2. The Labute approximate surface area is 113 Å². The molecule has 1 unspecified atom stereocenters. The van der Waals surface area contributed by atoms with Gasteiger partial charge in [0.2, 0.25) is 0 Å². The molecular formula is C11H22O7Si. The molecule has 0 aromatic carbocycles. The van der Waals surface area contributed by atoms with Gasteiger partial charge in [-0.15, -0.1) is 0 Å². The maximum atomic E-state index is 11.6. The van der Waals surface area contributed by atoms with Crippen molar-refractivity contribution in [2.75, 3.05) is 19.8 Å². The molecule has 7 nitrogen and oxygen atoms in total. The molecule has 2 N–H and O–H groups in total. The van der Waals surface area contributed by atoms with Gasteiger partial charge in [-0.1, -0.05) is 0 Å². The summed E-state index contributed by atoms with van der Waals surface area (Å²) < 4.78 is 16.5. The molecule has 0 fully saturated rings. The first kappa shape index (κ1) is 18.0. The molecule has 0 aliphatic carbocycles. The van der Waals surface area contributed by atoms with Crippen LogP contribution in [0.15, 0.2) is 0 Å². The summed E-state index contributed by atoms with van der Waals surface area (Å²) in [6, 6.07) is 0. The van der Waals surface area contributed by atoms with Gasteiger partial charge in [0.1, 0.15) is 5.04 Å². The van der Waals surface area contributed by atoms with E-state index in [0.29, 0.717) is 0 Å². The fraction of sp³-hybridized carbons (Fsp3) is 0.818. The summed E-state index contributed by atoms with van der Waals surface area (Å²) in [5.74, 6) is -2.53. The van der Waals surface area contributed by atoms with Crippen molar-refractivity contribution in [3.05, 3.63) is 0 Å². The fourth-order valence-electron chi connectivity index (χ4n) is 1.79. The molecule has 0 spiro atoms. The molecule has 0 aliphatic heterocycles. The van der Waals surface area contributed by atoms with Crippen LogP contribution < -0.4 is 0 Å². The number of carboxylic acid groups (broad SMARTS) is 2. The first-order valence-electron chi connectivity index (χ1n) is 6.16. The van der Waals surface area contributed by atoms with E-state index in [9.17, 15) is 14.7 Å². The van der Waals surface area contributed by atoms with Crippen molar-refractivity contribution in [3.8, 4) is 0 Å². The van der Waals surface area contributed by atoms with Crippen molar-refractivity contribution >= 4 is 20.7 Å². The lowest BCUT2D eigenvalue weighted by Gasteiger charge is -2.39. The van der Waals surface area contributed by atoms with Crippen LogP contribution in [0.1, 0.15) is 34.1 Å². The van der Waals surface area contributed by atoms with Crippen LogP contribution in [-0.2, 0) is 22.9 Å². The molecule has 0 bridgehead atoms. The smallest absolute Gasteiger partial charge is 0.481 e. The van der Waals surface area contributed by atoms with Crippen LogP contribution in [0.3, 0.4) is 0 Å². The van der Waals surface area contributed by atoms with Gasteiger partial charge in [0.15, 0.2) is 0 Å². The third-order valence-corrected chi connectivity index (χ3v) is 6.40. The maximum absolute atomic E-state index is 11.6. The molecule has 0 heterocycles. The topological polar surface area (TPSA) is 102 Å². The Morgan fingerprint density at radius 3 is 1.58 bits per heavy atom. The molecule has 0 rings (SSSR count). The van der Waals surface area contributed by atoms with E-state index in [2.05, 4.69) is 0 Å². The Hall–Kier alpha value is -0.963. The average molecular weight is 294 g/mol. The molecule has 0 saturated heterocycles. The fourth-order valence-corrected chi connectivity index (χ4v) is 4.77. The highest BCUT2D eigenvalue weighted by Crippen LogP contribution is 2.43. The maximum Gasteiger partial charge on any atom is 0.519 e. The monoisotopic (exact) mass is 294 g/mol. The molecule has 8 heteroatoms. The highest BCUT2D eigenvalue weighted by molar-refractivity contribution is 6.68. The molecule has 0 aromatic rings. The SMILES string of the molecule is CCO[Si](OCC)(OCC)C(C)(CC(=O)O)C(=O)O. The lowest BCUT2D eigenvalue weighted by Crippen LogP contribution is -2.59. The highest BCUT2D eigenvalue weighted by atomic mass is 28.4. The van der Waals surface area contributed by atoms with E-state index >= 15 is 0 Å². The van der Waals surface area contributed by atoms with Crippen LogP contribution in [0.4, 0.5) is 0 Å². The van der Waals surface area contributed by atoms with E-state index in [-0.39, 0.29) is 19.8 Å². The Kier molecular flexibility index (Phi) is 7.20. The second-order valence-electron chi connectivity index (χ2n) is 4.06. The standard InChI is InChI=1S/C11H22O7Si/c1-5-16-19(17-6-2,18-7-3)11(4,10(14)15)8-9(12)13/h5-8H2,1-4H3,(H,12,13)(H,14,15). The van der Waals surface area contributed by atoms with E-state index < -0.39 is 32.2 Å². The lowest BCUT2D eigenvalue weighted by atomic mass is 10.1. The van der Waals surface area contributed by atoms with Gasteiger partial charge in [0.25, 0.3) is 0 Å². The van der Waals surface area contributed by atoms with Gasteiger partial charge in [0, 0.05) is 19.8 Å². The Morgan fingerprint density at radius 2 is 1.37 bits per heavy atom. The van der Waals surface area contributed by atoms with E-state index in [1.807, 2.05) is 0 Å². The van der Waals surface area contributed by atoms with Gasteiger partial charge in [-0.25, -0.2) is 0 Å². The molecule has 0 aliphatic rings. The van der Waals surface area contributed by atoms with Crippen LogP contribution in [0, 0.1) is 0 Å². The molecule has 0 saturated carbocycles. The number of hydrogen-bond acceptors (Lipinski definition) is 5. The van der Waals surface area contributed by atoms with Crippen molar-refractivity contribution in [2.24, 2.45) is 0 Å². The van der Waals surface area contributed by atoms with Gasteiger partial charge in [-0.2, -0.15) is 0 Å². The van der Waals surface area contributed by atoms with E-state index in [1.54, 1.807) is 20.8 Å². The van der Waals surface area contributed by atoms with Crippen LogP contribution in [-0.4, -0.2) is 50.8 Å². The Morgan fingerprint density at radius 1 is 1.00 bits per heavy atom. The summed E-state index contributed by atoms with van der Waals surface area (Å²) in [6.45, 7) is 6.92. The van der Waals surface area contributed by atoms with Crippen molar-refractivity contribution in [3.63, 3.8) is 0 Å². The first-order valence-corrected chi connectivity index (χ1v) is 7.89. The summed E-state index contributed by atoms with van der Waals surface area (Å²) >= 11 is 0. The van der Waals surface area contributed by atoms with Crippen molar-refractivity contribution < 1.29 is 33.1 Å². The van der Waals surface area contributed by atoms with Crippen LogP contribution in [0.5, 0.6) is 0 Å². The van der Waals surface area contributed by atoms with Crippen LogP contribution >= 0.6 is 0 Å². The Bertz CT molecular complexity index is 303. The van der Waals surface area contributed by atoms with Gasteiger partial charge >= 0.3 is 20.7 Å². The van der Waals surface area contributed by atoms with Crippen LogP contribution in [0.25, 0.3) is 0 Å². The lowest BCUT2D eigenvalue weighted by molar-refractivity contribution is -0.149. The number of carboxylic acids is 2. The molecule has 19 heavy (non-hydrogen) atoms. The van der Waals surface area contributed by atoms with Crippen molar-refractivity contribution in [2.45, 2.75) is 39.2 Å². The predicted octanol–water partition coefficient (Wildman–Crippen LogP) is 1.35. The quantitative estimate of drug-likeness (QED) is 0.586. The summed E-state index contributed by atoms with van der Waals surface area (Å²) in [4.78, 5) is 22.5. The molecule has 0 aromatic heterocycles. The van der Waals surface area contributed by atoms with Gasteiger partial charge in [-0.05, 0) is 27.7 Å². The zero-order valence-corrected chi connectivity index (χ0v) is 12.8. The summed E-state index contributed by atoms with van der Waals surface area (Å²) in [7, 11) is -3.66. The minimum absolute atomic E-state index is 0.189. The number of rotatable bonds is 10. The van der Waals surface area contributed by atoms with Crippen LogP contribution in [0.2, 0.25) is 5.04 Å². The van der Waals surface area contributed by atoms with Gasteiger partial charge in [0.05, 0.1) is 6.42 Å². The zero-order chi connectivity index (χ0) is 15.1. The largest absolute Gasteiger partial charge is 0.519 e. The molecule has 0 amide bonds. The van der Waals surface area contributed by atoms with Gasteiger partial charge < -0.3 is 23.5 Å². The molecule has 112 valence electrons. The number of hydrogen-bond donors (Lipinski definition) is 2. The van der Waals surface area contributed by atoms with Gasteiger partial charge in [-0.3, -0.25) is 9.59 Å².